The Kier molecular flexibility index (Phi) is 4.58. The van der Waals surface area contributed by atoms with E-state index in [0.717, 1.165) is 37.8 Å². The van der Waals surface area contributed by atoms with Crippen LogP contribution in [0.3, 0.4) is 0 Å². The number of nitrogens with zero attached hydrogens (tertiary/aromatic N) is 5. The van der Waals surface area contributed by atoms with E-state index in [9.17, 15) is 4.79 Å². The second-order valence-corrected chi connectivity index (χ2v) is 11.0. The number of aromatic nitrogens is 5. The first kappa shape index (κ1) is 20.1. The Hall–Kier alpha value is -2.48. The molecule has 1 amide bonds. The number of rotatable bonds is 5. The molecule has 1 aromatic carbocycles. The zero-order valence-electron chi connectivity index (χ0n) is 18.2. The average Bonchev–Trinajstić information content (AvgIpc) is 3.36. The molecule has 2 heterocycles. The zero-order chi connectivity index (χ0) is 21.9. The Morgan fingerprint density at radius 2 is 2.06 bits per heavy atom. The van der Waals surface area contributed by atoms with Gasteiger partial charge in [0, 0.05) is 6.20 Å². The molecule has 4 aliphatic carbocycles. The number of hydrogen-bond acceptors (Lipinski definition) is 4. The topological polar surface area (TPSA) is 77.6 Å². The minimum Gasteiger partial charge on any atom is -0.323 e. The largest absolute Gasteiger partial charge is 0.323 e. The van der Waals surface area contributed by atoms with Gasteiger partial charge in [-0.1, -0.05) is 29.8 Å². The van der Waals surface area contributed by atoms with Crippen LogP contribution in [0.4, 0.5) is 5.69 Å². The maximum atomic E-state index is 13.7. The van der Waals surface area contributed by atoms with Gasteiger partial charge in [0.1, 0.15) is 6.33 Å². The summed E-state index contributed by atoms with van der Waals surface area (Å²) in [6.45, 7) is 2.78. The first-order valence-electron chi connectivity index (χ1n) is 11.4. The lowest BCUT2D eigenvalue weighted by atomic mass is 9.46. The van der Waals surface area contributed by atoms with E-state index in [2.05, 4.69) is 67.6 Å². The molecule has 4 saturated carbocycles. The molecule has 4 bridgehead atoms. The maximum absolute atomic E-state index is 13.7. The summed E-state index contributed by atoms with van der Waals surface area (Å²) >= 11 is 3.40. The predicted octanol–water partition coefficient (Wildman–Crippen LogP) is 4.53. The normalized spacial score (nSPS) is 30.6. The van der Waals surface area contributed by atoms with Gasteiger partial charge in [-0.25, -0.2) is 9.67 Å². The van der Waals surface area contributed by atoms with Gasteiger partial charge < -0.3 is 5.32 Å². The molecular weight excluding hydrogens is 468 g/mol. The average molecular weight is 495 g/mol. The minimum atomic E-state index is -0.332. The van der Waals surface area contributed by atoms with Crippen LogP contribution in [0.25, 0.3) is 0 Å². The summed E-state index contributed by atoms with van der Waals surface area (Å²) in [5.74, 6) is 1.30. The zero-order valence-corrected chi connectivity index (χ0v) is 19.8. The third-order valence-corrected chi connectivity index (χ3v) is 8.14. The van der Waals surface area contributed by atoms with Crippen molar-refractivity contribution in [2.24, 2.45) is 17.3 Å². The van der Waals surface area contributed by atoms with Crippen molar-refractivity contribution in [3.05, 3.63) is 58.8 Å². The minimum absolute atomic E-state index is 0.0875. The molecule has 1 N–H and O–H groups in total. The third kappa shape index (κ3) is 3.39. The second-order valence-electron chi connectivity index (χ2n) is 10.3. The first-order valence-corrected chi connectivity index (χ1v) is 12.2. The van der Waals surface area contributed by atoms with Crippen LogP contribution < -0.4 is 5.32 Å². The molecule has 8 heteroatoms. The molecule has 4 fully saturated rings. The molecular formula is C24H27BrN6O. The van der Waals surface area contributed by atoms with Gasteiger partial charge in [-0.05, 0) is 78.8 Å². The predicted molar refractivity (Wildman–Crippen MR) is 124 cm³/mol. The molecule has 0 spiro atoms. The summed E-state index contributed by atoms with van der Waals surface area (Å²) in [5.41, 5.74) is 2.79. The van der Waals surface area contributed by atoms with Gasteiger partial charge in [-0.15, -0.1) is 5.10 Å². The lowest BCUT2D eigenvalue weighted by molar-refractivity contribution is -0.150. The fourth-order valence-corrected chi connectivity index (χ4v) is 7.26. The lowest BCUT2D eigenvalue weighted by Gasteiger charge is -2.60. The summed E-state index contributed by atoms with van der Waals surface area (Å²) in [5, 5.41) is 12.3. The molecule has 0 aliphatic heterocycles. The van der Waals surface area contributed by atoms with Crippen molar-refractivity contribution in [3.8, 4) is 0 Å². The van der Waals surface area contributed by atoms with Gasteiger partial charge in [-0.3, -0.25) is 9.48 Å². The Morgan fingerprint density at radius 3 is 2.78 bits per heavy atom. The number of aryl methyl sites for hydroxylation is 1. The summed E-state index contributed by atoms with van der Waals surface area (Å²) in [6.07, 6.45) is 11.8. The molecule has 7 rings (SSSR count). The van der Waals surface area contributed by atoms with E-state index in [4.69, 9.17) is 0 Å². The van der Waals surface area contributed by atoms with Crippen LogP contribution in [-0.4, -0.2) is 30.5 Å². The Labute approximate surface area is 195 Å². The van der Waals surface area contributed by atoms with Gasteiger partial charge in [0.25, 0.3) is 0 Å². The van der Waals surface area contributed by atoms with E-state index < -0.39 is 0 Å². The highest BCUT2D eigenvalue weighted by molar-refractivity contribution is 9.10. The van der Waals surface area contributed by atoms with E-state index in [1.165, 1.54) is 17.5 Å². The van der Waals surface area contributed by atoms with Crippen molar-refractivity contribution in [2.45, 2.75) is 57.5 Å². The Balaban J connectivity index is 1.22. The van der Waals surface area contributed by atoms with Gasteiger partial charge in [0.05, 0.1) is 29.4 Å². The van der Waals surface area contributed by atoms with Gasteiger partial charge in [-0.2, -0.15) is 5.10 Å². The molecule has 2 aromatic heterocycles. The standard InChI is InChI=1S/C24H27BrN6O/c1-16-3-2-4-17(5-16)12-30-13-20(11-27-30)28-21(32)23-7-18-6-19(8-23)10-24(9-18,14-23)31-15-26-22(25)29-31/h2-5,11,13,15,18-19H,6-10,12,14H2,1H3,(H,28,32). The van der Waals surface area contributed by atoms with Crippen molar-refractivity contribution in [1.29, 1.82) is 0 Å². The van der Waals surface area contributed by atoms with Crippen molar-refractivity contribution in [1.82, 2.24) is 24.5 Å². The summed E-state index contributed by atoms with van der Waals surface area (Å²) in [4.78, 5) is 18.0. The second kappa shape index (κ2) is 7.27. The number of amides is 1. The quantitative estimate of drug-likeness (QED) is 0.565. The molecule has 7 nitrogen and oxygen atoms in total. The van der Waals surface area contributed by atoms with E-state index in [-0.39, 0.29) is 16.9 Å². The third-order valence-electron chi connectivity index (χ3n) is 7.78. The number of anilines is 1. The highest BCUT2D eigenvalue weighted by atomic mass is 79.9. The van der Waals surface area contributed by atoms with Crippen molar-refractivity contribution < 1.29 is 4.79 Å². The summed E-state index contributed by atoms with van der Waals surface area (Å²) in [6, 6.07) is 8.42. The fraction of sp³-hybridized carbons (Fsp3) is 0.500. The number of carbonyl (C=O) groups is 1. The summed E-state index contributed by atoms with van der Waals surface area (Å²) in [7, 11) is 0. The lowest BCUT2D eigenvalue weighted by Crippen LogP contribution is -2.60. The smallest absolute Gasteiger partial charge is 0.230 e. The molecule has 2 atom stereocenters. The number of carbonyl (C=O) groups excluding carboxylic acids is 1. The summed E-state index contributed by atoms with van der Waals surface area (Å²) < 4.78 is 4.54. The van der Waals surface area contributed by atoms with Crippen LogP contribution in [0.15, 0.2) is 47.7 Å². The van der Waals surface area contributed by atoms with Crippen LogP contribution >= 0.6 is 15.9 Å². The van der Waals surface area contributed by atoms with E-state index in [1.54, 1.807) is 6.20 Å². The van der Waals surface area contributed by atoms with Gasteiger partial charge in [0.15, 0.2) is 0 Å². The first-order chi connectivity index (χ1) is 15.4. The molecule has 3 aromatic rings. The maximum Gasteiger partial charge on any atom is 0.230 e. The monoisotopic (exact) mass is 494 g/mol. The highest BCUT2D eigenvalue weighted by Crippen LogP contribution is 2.64. The molecule has 166 valence electrons. The van der Waals surface area contributed by atoms with Crippen LogP contribution in [0, 0.1) is 24.2 Å². The van der Waals surface area contributed by atoms with E-state index in [1.807, 2.05) is 21.9 Å². The molecule has 4 aliphatic rings. The fourth-order valence-electron chi connectivity index (χ4n) is 7.00. The van der Waals surface area contributed by atoms with Gasteiger partial charge in [0.2, 0.25) is 10.6 Å². The molecule has 32 heavy (non-hydrogen) atoms. The highest BCUT2D eigenvalue weighted by Gasteiger charge is 2.61. The number of benzene rings is 1. The van der Waals surface area contributed by atoms with Gasteiger partial charge >= 0.3 is 0 Å². The van der Waals surface area contributed by atoms with Crippen molar-refractivity contribution in [3.63, 3.8) is 0 Å². The Bertz CT molecular complexity index is 1170. The Morgan fingerprint density at radius 1 is 1.25 bits per heavy atom. The van der Waals surface area contributed by atoms with Crippen LogP contribution in [0.1, 0.15) is 49.7 Å². The SMILES string of the molecule is Cc1cccc(Cn2cc(NC(=O)C34CC5CC(C3)CC(n3cnc(Br)n3)(C5)C4)cn2)c1. The van der Waals surface area contributed by atoms with Crippen LogP contribution in [0.2, 0.25) is 0 Å². The molecule has 2 unspecified atom stereocenters. The molecule has 0 radical (unpaired) electrons. The van der Waals surface area contributed by atoms with E-state index >= 15 is 0 Å². The number of hydrogen-bond donors (Lipinski definition) is 1. The van der Waals surface area contributed by atoms with Crippen LogP contribution in [-0.2, 0) is 16.9 Å². The van der Waals surface area contributed by atoms with E-state index in [0.29, 0.717) is 23.1 Å². The number of nitrogens with one attached hydrogen (secondary N) is 1. The van der Waals surface area contributed by atoms with Crippen molar-refractivity contribution in [2.75, 3.05) is 5.32 Å². The number of halogens is 1. The molecule has 0 saturated heterocycles. The van der Waals surface area contributed by atoms with Crippen molar-refractivity contribution >= 4 is 27.5 Å². The van der Waals surface area contributed by atoms with Crippen LogP contribution in [0.5, 0.6) is 0 Å².